The van der Waals surface area contributed by atoms with Crippen molar-refractivity contribution in [2.24, 2.45) is 0 Å². The largest absolute Gasteiger partial charge is 0.497 e. The van der Waals surface area contributed by atoms with Gasteiger partial charge in [-0.1, -0.05) is 22.0 Å². The molecule has 1 aromatic rings. The molecule has 0 amide bonds. The number of rotatable bonds is 2. The molecule has 0 aromatic heterocycles. The first-order chi connectivity index (χ1) is 5.81. The highest BCUT2D eigenvalue weighted by atomic mass is 79.9. The molecule has 0 spiro atoms. The Bertz CT molecular complexity index is 295. The van der Waals surface area contributed by atoms with Crippen LogP contribution < -0.4 is 4.74 Å². The first-order valence-corrected chi connectivity index (χ1v) is 4.55. The zero-order valence-corrected chi connectivity index (χ0v) is 8.30. The lowest BCUT2D eigenvalue weighted by Gasteiger charge is -2.03. The third kappa shape index (κ3) is 1.47. The van der Waals surface area contributed by atoms with Crippen LogP contribution in [0.1, 0.15) is 11.7 Å². The van der Waals surface area contributed by atoms with E-state index in [1.54, 1.807) is 7.11 Å². The summed E-state index contributed by atoms with van der Waals surface area (Å²) in [5, 5.41) is 0. The quantitative estimate of drug-likeness (QED) is 0.727. The second kappa shape index (κ2) is 3.07. The van der Waals surface area contributed by atoms with Gasteiger partial charge in [-0.3, -0.25) is 0 Å². The maximum absolute atomic E-state index is 5.18. The Morgan fingerprint density at radius 3 is 2.83 bits per heavy atom. The fraction of sp³-hybridized carbons (Fsp3) is 0.333. The van der Waals surface area contributed by atoms with Crippen LogP contribution in [0.25, 0.3) is 0 Å². The van der Waals surface area contributed by atoms with Gasteiger partial charge in [0, 0.05) is 4.47 Å². The predicted molar refractivity (Wildman–Crippen MR) is 49.4 cm³/mol. The molecule has 0 unspecified atom stereocenters. The topological polar surface area (TPSA) is 21.8 Å². The lowest BCUT2D eigenvalue weighted by molar-refractivity contribution is 0.408. The van der Waals surface area contributed by atoms with Gasteiger partial charge in [-0.15, -0.1) is 0 Å². The van der Waals surface area contributed by atoms with Crippen LogP contribution in [0.3, 0.4) is 0 Å². The van der Waals surface area contributed by atoms with Crippen molar-refractivity contribution in [1.82, 2.24) is 0 Å². The number of hydrogen-bond acceptors (Lipinski definition) is 2. The van der Waals surface area contributed by atoms with Crippen LogP contribution in [0.15, 0.2) is 22.7 Å². The number of benzene rings is 1. The molecular formula is C9H9BrO2. The van der Waals surface area contributed by atoms with Crippen LogP contribution in [0, 0.1) is 0 Å². The van der Waals surface area contributed by atoms with Gasteiger partial charge < -0.3 is 9.47 Å². The molecule has 1 saturated heterocycles. The lowest BCUT2D eigenvalue weighted by atomic mass is 10.1. The van der Waals surface area contributed by atoms with Crippen LogP contribution in [0.5, 0.6) is 5.75 Å². The molecule has 64 valence electrons. The van der Waals surface area contributed by atoms with E-state index < -0.39 is 0 Å². The molecule has 1 fully saturated rings. The lowest BCUT2D eigenvalue weighted by Crippen LogP contribution is -1.86. The van der Waals surface area contributed by atoms with E-state index in [0.29, 0.717) is 6.10 Å². The van der Waals surface area contributed by atoms with E-state index in [1.165, 1.54) is 5.56 Å². The summed E-state index contributed by atoms with van der Waals surface area (Å²) in [6, 6.07) is 5.93. The van der Waals surface area contributed by atoms with E-state index in [0.717, 1.165) is 16.8 Å². The average molecular weight is 229 g/mol. The summed E-state index contributed by atoms with van der Waals surface area (Å²) in [6.07, 6.45) is 0.297. The standard InChI is InChI=1S/C9H9BrO2/c1-11-6-2-3-7(8(10)4-6)9-5-12-9/h2-4,9H,5H2,1H3/t9-/m1/s1. The Balaban J connectivity index is 2.32. The van der Waals surface area contributed by atoms with E-state index in [1.807, 2.05) is 18.2 Å². The van der Waals surface area contributed by atoms with Gasteiger partial charge in [0.25, 0.3) is 0 Å². The van der Waals surface area contributed by atoms with Gasteiger partial charge in [-0.2, -0.15) is 0 Å². The van der Waals surface area contributed by atoms with E-state index in [4.69, 9.17) is 9.47 Å². The van der Waals surface area contributed by atoms with E-state index in [9.17, 15) is 0 Å². The molecule has 0 saturated carbocycles. The zero-order chi connectivity index (χ0) is 8.55. The summed E-state index contributed by atoms with van der Waals surface area (Å²) in [6.45, 7) is 0.838. The van der Waals surface area contributed by atoms with E-state index in [-0.39, 0.29) is 0 Å². The normalized spacial score (nSPS) is 20.7. The van der Waals surface area contributed by atoms with Crippen LogP contribution >= 0.6 is 15.9 Å². The first-order valence-electron chi connectivity index (χ1n) is 3.76. The minimum atomic E-state index is 0.297. The highest BCUT2D eigenvalue weighted by Crippen LogP contribution is 2.36. The van der Waals surface area contributed by atoms with Crippen molar-refractivity contribution >= 4 is 15.9 Å². The Morgan fingerprint density at radius 2 is 2.33 bits per heavy atom. The molecule has 1 aliphatic rings. The van der Waals surface area contributed by atoms with Gasteiger partial charge in [0.1, 0.15) is 11.9 Å². The van der Waals surface area contributed by atoms with Crippen LogP contribution in [0.4, 0.5) is 0 Å². The van der Waals surface area contributed by atoms with Gasteiger partial charge in [-0.25, -0.2) is 0 Å². The van der Waals surface area contributed by atoms with Crippen molar-refractivity contribution in [2.75, 3.05) is 13.7 Å². The minimum absolute atomic E-state index is 0.297. The molecule has 0 radical (unpaired) electrons. The number of halogens is 1. The summed E-state index contributed by atoms with van der Waals surface area (Å²) >= 11 is 3.47. The summed E-state index contributed by atoms with van der Waals surface area (Å²) in [4.78, 5) is 0. The fourth-order valence-electron chi connectivity index (χ4n) is 1.12. The number of hydrogen-bond donors (Lipinski definition) is 0. The van der Waals surface area contributed by atoms with Crippen molar-refractivity contribution < 1.29 is 9.47 Å². The molecule has 2 rings (SSSR count). The maximum Gasteiger partial charge on any atom is 0.120 e. The summed E-state index contributed by atoms with van der Waals surface area (Å²) < 4.78 is 11.3. The Labute approximate surface area is 79.6 Å². The number of ether oxygens (including phenoxy) is 2. The minimum Gasteiger partial charge on any atom is -0.497 e. The SMILES string of the molecule is COc1ccc([C@H]2CO2)c(Br)c1. The first kappa shape index (κ1) is 8.08. The summed E-state index contributed by atoms with van der Waals surface area (Å²) in [5.74, 6) is 0.867. The molecular weight excluding hydrogens is 220 g/mol. The van der Waals surface area contributed by atoms with Gasteiger partial charge in [0.15, 0.2) is 0 Å². The molecule has 0 bridgehead atoms. The molecule has 0 N–H and O–H groups in total. The van der Waals surface area contributed by atoms with Crippen molar-refractivity contribution in [3.8, 4) is 5.75 Å². The van der Waals surface area contributed by atoms with E-state index >= 15 is 0 Å². The maximum atomic E-state index is 5.18. The highest BCUT2D eigenvalue weighted by molar-refractivity contribution is 9.10. The Hall–Kier alpha value is -0.540. The predicted octanol–water partition coefficient (Wildman–Crippen LogP) is 2.53. The Kier molecular flexibility index (Phi) is 2.07. The van der Waals surface area contributed by atoms with Gasteiger partial charge in [-0.05, 0) is 17.7 Å². The average Bonchev–Trinajstić information content (AvgIpc) is 2.87. The fourth-order valence-corrected chi connectivity index (χ4v) is 1.74. The smallest absolute Gasteiger partial charge is 0.120 e. The number of epoxide rings is 1. The Morgan fingerprint density at radius 1 is 1.58 bits per heavy atom. The molecule has 3 heteroatoms. The summed E-state index contributed by atoms with van der Waals surface area (Å²) in [7, 11) is 1.66. The van der Waals surface area contributed by atoms with Crippen molar-refractivity contribution in [3.63, 3.8) is 0 Å². The van der Waals surface area contributed by atoms with Gasteiger partial charge in [0.2, 0.25) is 0 Å². The van der Waals surface area contributed by atoms with E-state index in [2.05, 4.69) is 15.9 Å². The molecule has 12 heavy (non-hydrogen) atoms. The van der Waals surface area contributed by atoms with Crippen molar-refractivity contribution in [3.05, 3.63) is 28.2 Å². The van der Waals surface area contributed by atoms with Gasteiger partial charge in [0.05, 0.1) is 13.7 Å². The van der Waals surface area contributed by atoms with Gasteiger partial charge >= 0.3 is 0 Å². The molecule has 1 atom stereocenters. The third-order valence-corrected chi connectivity index (χ3v) is 2.57. The number of methoxy groups -OCH3 is 1. The summed E-state index contributed by atoms with van der Waals surface area (Å²) in [5.41, 5.74) is 1.20. The second-order valence-corrected chi connectivity index (χ2v) is 3.56. The third-order valence-electron chi connectivity index (χ3n) is 1.89. The molecule has 2 nitrogen and oxygen atoms in total. The zero-order valence-electron chi connectivity index (χ0n) is 6.71. The van der Waals surface area contributed by atoms with Crippen LogP contribution in [-0.2, 0) is 4.74 Å². The molecule has 1 aromatic carbocycles. The molecule has 1 heterocycles. The highest BCUT2D eigenvalue weighted by Gasteiger charge is 2.26. The monoisotopic (exact) mass is 228 g/mol. The molecule has 1 aliphatic heterocycles. The van der Waals surface area contributed by atoms with Crippen molar-refractivity contribution in [2.45, 2.75) is 6.10 Å². The van der Waals surface area contributed by atoms with Crippen LogP contribution in [-0.4, -0.2) is 13.7 Å². The van der Waals surface area contributed by atoms with Crippen molar-refractivity contribution in [1.29, 1.82) is 0 Å². The molecule has 0 aliphatic carbocycles. The second-order valence-electron chi connectivity index (χ2n) is 2.71. The van der Waals surface area contributed by atoms with Crippen LogP contribution in [0.2, 0.25) is 0 Å².